The molecule has 158 valence electrons. The molecular weight excluding hydrogens is 432 g/mol. The molecule has 0 radical (unpaired) electrons. The first-order valence-corrected chi connectivity index (χ1v) is 11.6. The molecule has 0 aliphatic rings. The highest BCUT2D eigenvalue weighted by Gasteiger charge is 2.16. The minimum Gasteiger partial charge on any atom is -0.459 e. The van der Waals surface area contributed by atoms with Crippen LogP contribution >= 0.6 is 23.1 Å². The number of carbonyl (C=O) groups is 2. The summed E-state index contributed by atoms with van der Waals surface area (Å²) in [6.07, 6.45) is 1.72. The number of furan rings is 1. The molecular formula is C22H20N4O3S2. The topological polar surface area (TPSA) is 90.0 Å². The van der Waals surface area contributed by atoms with Crippen LogP contribution in [-0.4, -0.2) is 32.2 Å². The Labute approximate surface area is 187 Å². The number of thioether (sulfide) groups is 1. The van der Waals surface area contributed by atoms with E-state index in [0.29, 0.717) is 11.4 Å². The molecule has 0 aliphatic heterocycles. The second kappa shape index (κ2) is 9.76. The zero-order valence-corrected chi connectivity index (χ0v) is 18.4. The standard InChI is InChI=1S/C22H20N4O3S2/c1-2-26-20(19-9-5-11-30-19)24-25-22(26)31-14-17(27)13-15-6-3-7-16(12-15)23-21(28)18-8-4-10-29-18/h3-12H,2,13-14H2,1H3,(H,23,28). The average Bonchev–Trinajstić information content (AvgIpc) is 3.54. The number of nitrogens with one attached hydrogen (secondary N) is 1. The van der Waals surface area contributed by atoms with E-state index < -0.39 is 0 Å². The van der Waals surface area contributed by atoms with Gasteiger partial charge in [0.05, 0.1) is 16.9 Å². The largest absolute Gasteiger partial charge is 0.459 e. The van der Waals surface area contributed by atoms with Crippen LogP contribution in [0, 0.1) is 0 Å². The van der Waals surface area contributed by atoms with Gasteiger partial charge in [-0.15, -0.1) is 21.5 Å². The van der Waals surface area contributed by atoms with Crippen LogP contribution < -0.4 is 5.32 Å². The van der Waals surface area contributed by atoms with Gasteiger partial charge in [-0.3, -0.25) is 9.59 Å². The maximum Gasteiger partial charge on any atom is 0.291 e. The monoisotopic (exact) mass is 452 g/mol. The number of Topliss-reactive ketones (excluding diaryl/α,β-unsaturated/α-hetero) is 1. The lowest BCUT2D eigenvalue weighted by Crippen LogP contribution is -2.11. The van der Waals surface area contributed by atoms with E-state index in [9.17, 15) is 9.59 Å². The SMILES string of the molecule is CCn1c(SCC(=O)Cc2cccc(NC(=O)c3ccco3)c2)nnc1-c1cccs1. The third kappa shape index (κ3) is 5.12. The molecule has 1 N–H and O–H groups in total. The van der Waals surface area contributed by atoms with Crippen LogP contribution in [0.15, 0.2) is 69.7 Å². The molecule has 0 atom stereocenters. The number of nitrogens with zero attached hydrogens (tertiary/aromatic N) is 3. The van der Waals surface area contributed by atoms with Gasteiger partial charge in [0.1, 0.15) is 5.78 Å². The lowest BCUT2D eigenvalue weighted by molar-refractivity contribution is -0.116. The minimum absolute atomic E-state index is 0.0721. The zero-order valence-electron chi connectivity index (χ0n) is 16.8. The van der Waals surface area contributed by atoms with Gasteiger partial charge in [0.2, 0.25) is 0 Å². The van der Waals surface area contributed by atoms with E-state index >= 15 is 0 Å². The van der Waals surface area contributed by atoms with Crippen molar-refractivity contribution in [2.24, 2.45) is 0 Å². The van der Waals surface area contributed by atoms with Gasteiger partial charge in [-0.1, -0.05) is 30.0 Å². The molecule has 4 aromatic rings. The molecule has 7 nitrogen and oxygen atoms in total. The molecule has 1 aromatic carbocycles. The van der Waals surface area contributed by atoms with Gasteiger partial charge in [0.15, 0.2) is 16.7 Å². The van der Waals surface area contributed by atoms with Gasteiger partial charge in [0, 0.05) is 18.7 Å². The number of amides is 1. The van der Waals surface area contributed by atoms with Gasteiger partial charge >= 0.3 is 0 Å². The van der Waals surface area contributed by atoms with E-state index in [1.54, 1.807) is 35.6 Å². The van der Waals surface area contributed by atoms with Crippen molar-refractivity contribution in [3.05, 3.63) is 71.5 Å². The number of hydrogen-bond donors (Lipinski definition) is 1. The number of anilines is 1. The van der Waals surface area contributed by atoms with E-state index in [1.807, 2.05) is 41.1 Å². The Morgan fingerprint density at radius 1 is 1.16 bits per heavy atom. The third-order valence-corrected chi connectivity index (χ3v) is 6.36. The Hall–Kier alpha value is -3.17. The fourth-order valence-electron chi connectivity index (χ4n) is 3.05. The second-order valence-corrected chi connectivity index (χ2v) is 8.55. The fourth-order valence-corrected chi connectivity index (χ4v) is 4.63. The Kier molecular flexibility index (Phi) is 6.63. The van der Waals surface area contributed by atoms with Crippen LogP contribution in [0.2, 0.25) is 0 Å². The summed E-state index contributed by atoms with van der Waals surface area (Å²) in [6.45, 7) is 2.77. The molecule has 0 aliphatic carbocycles. The summed E-state index contributed by atoms with van der Waals surface area (Å²) in [6, 6.07) is 14.5. The first-order valence-electron chi connectivity index (χ1n) is 9.69. The lowest BCUT2D eigenvalue weighted by Gasteiger charge is -2.07. The molecule has 1 amide bonds. The quantitative estimate of drug-likeness (QED) is 0.368. The molecule has 0 saturated heterocycles. The second-order valence-electron chi connectivity index (χ2n) is 6.66. The van der Waals surface area contributed by atoms with Crippen LogP contribution in [0.3, 0.4) is 0 Å². The summed E-state index contributed by atoms with van der Waals surface area (Å²) in [4.78, 5) is 25.7. The normalized spacial score (nSPS) is 10.9. The predicted molar refractivity (Wildman–Crippen MR) is 122 cm³/mol. The van der Waals surface area contributed by atoms with E-state index in [-0.39, 0.29) is 23.9 Å². The van der Waals surface area contributed by atoms with Crippen molar-refractivity contribution >= 4 is 40.5 Å². The molecule has 0 saturated carbocycles. The Morgan fingerprint density at radius 2 is 2.06 bits per heavy atom. The number of thiophene rings is 1. The predicted octanol–water partition coefficient (Wildman–Crippen LogP) is 4.78. The van der Waals surface area contributed by atoms with Crippen LogP contribution in [0.25, 0.3) is 10.7 Å². The third-order valence-electron chi connectivity index (χ3n) is 4.47. The lowest BCUT2D eigenvalue weighted by atomic mass is 10.1. The fraction of sp³-hybridized carbons (Fsp3) is 0.182. The molecule has 0 spiro atoms. The van der Waals surface area contributed by atoms with Crippen LogP contribution in [0.4, 0.5) is 5.69 Å². The van der Waals surface area contributed by atoms with Gasteiger partial charge in [-0.05, 0) is 48.2 Å². The maximum atomic E-state index is 12.6. The van der Waals surface area contributed by atoms with Gasteiger partial charge in [0.25, 0.3) is 5.91 Å². The number of carbonyl (C=O) groups excluding carboxylic acids is 2. The van der Waals surface area contributed by atoms with Crippen molar-refractivity contribution in [2.45, 2.75) is 25.0 Å². The van der Waals surface area contributed by atoms with Crippen molar-refractivity contribution in [1.82, 2.24) is 14.8 Å². The van der Waals surface area contributed by atoms with Gasteiger partial charge < -0.3 is 14.3 Å². The summed E-state index contributed by atoms with van der Waals surface area (Å²) >= 11 is 3.01. The smallest absolute Gasteiger partial charge is 0.291 e. The molecule has 9 heteroatoms. The van der Waals surface area contributed by atoms with Gasteiger partial charge in [-0.2, -0.15) is 0 Å². The van der Waals surface area contributed by atoms with Crippen LogP contribution in [-0.2, 0) is 17.8 Å². The first kappa shape index (κ1) is 21.1. The summed E-state index contributed by atoms with van der Waals surface area (Å²) in [5.74, 6) is 1.10. The number of rotatable bonds is 9. The maximum absolute atomic E-state index is 12.6. The number of ketones is 1. The summed E-state index contributed by atoms with van der Waals surface area (Å²) in [5, 5.41) is 14.1. The molecule has 3 aromatic heterocycles. The van der Waals surface area contributed by atoms with Crippen molar-refractivity contribution in [3.8, 4) is 10.7 Å². The number of benzene rings is 1. The highest BCUT2D eigenvalue weighted by atomic mass is 32.2. The molecule has 0 fully saturated rings. The Morgan fingerprint density at radius 3 is 2.81 bits per heavy atom. The summed E-state index contributed by atoms with van der Waals surface area (Å²) in [5.41, 5.74) is 1.45. The van der Waals surface area contributed by atoms with E-state index in [1.165, 1.54) is 18.0 Å². The molecule has 31 heavy (non-hydrogen) atoms. The van der Waals surface area contributed by atoms with E-state index in [0.717, 1.165) is 28.0 Å². The molecule has 0 unspecified atom stereocenters. The van der Waals surface area contributed by atoms with Crippen LogP contribution in [0.1, 0.15) is 23.0 Å². The average molecular weight is 453 g/mol. The molecule has 3 heterocycles. The van der Waals surface area contributed by atoms with Crippen molar-refractivity contribution < 1.29 is 14.0 Å². The number of aromatic nitrogens is 3. The van der Waals surface area contributed by atoms with Crippen molar-refractivity contribution in [3.63, 3.8) is 0 Å². The molecule has 4 rings (SSSR count). The van der Waals surface area contributed by atoms with Crippen molar-refractivity contribution in [2.75, 3.05) is 11.1 Å². The first-order chi connectivity index (χ1) is 15.1. The van der Waals surface area contributed by atoms with Crippen molar-refractivity contribution in [1.29, 1.82) is 0 Å². The summed E-state index contributed by atoms with van der Waals surface area (Å²) in [7, 11) is 0. The van der Waals surface area contributed by atoms with Crippen LogP contribution in [0.5, 0.6) is 0 Å². The van der Waals surface area contributed by atoms with Gasteiger partial charge in [-0.25, -0.2) is 0 Å². The highest BCUT2D eigenvalue weighted by Crippen LogP contribution is 2.27. The summed E-state index contributed by atoms with van der Waals surface area (Å²) < 4.78 is 7.12. The minimum atomic E-state index is -0.329. The van der Waals surface area contributed by atoms with E-state index in [2.05, 4.69) is 15.5 Å². The molecule has 0 bridgehead atoms. The highest BCUT2D eigenvalue weighted by molar-refractivity contribution is 7.99. The number of hydrogen-bond acceptors (Lipinski definition) is 7. The Bertz CT molecular complexity index is 1170. The zero-order chi connectivity index (χ0) is 21.6. The van der Waals surface area contributed by atoms with E-state index in [4.69, 9.17) is 4.42 Å². The Balaban J connectivity index is 1.36.